The average molecular weight is 320 g/mol. The fraction of sp³-hybridized carbons (Fsp3) is 0.118. The van der Waals surface area contributed by atoms with Gasteiger partial charge >= 0.3 is 0 Å². The predicted molar refractivity (Wildman–Crippen MR) is 84.3 cm³/mol. The molecule has 3 heterocycles. The van der Waals surface area contributed by atoms with Crippen molar-refractivity contribution in [1.82, 2.24) is 15.1 Å². The molecule has 2 aromatic heterocycles. The van der Waals surface area contributed by atoms with Crippen LogP contribution in [-0.4, -0.2) is 27.1 Å². The molecule has 7 heteroatoms. The topological polar surface area (TPSA) is 90.5 Å². The van der Waals surface area contributed by atoms with Crippen LogP contribution in [0, 0.1) is 0 Å². The van der Waals surface area contributed by atoms with E-state index in [0.717, 1.165) is 23.1 Å². The summed E-state index contributed by atoms with van der Waals surface area (Å²) in [6, 6.07) is 10.7. The quantitative estimate of drug-likeness (QED) is 0.687. The summed E-state index contributed by atoms with van der Waals surface area (Å²) in [5.41, 5.74) is 3.04. The Balaban J connectivity index is 1.51. The van der Waals surface area contributed by atoms with Crippen LogP contribution < -0.4 is 0 Å². The van der Waals surface area contributed by atoms with E-state index in [9.17, 15) is 4.79 Å². The zero-order chi connectivity index (χ0) is 16.4. The predicted octanol–water partition coefficient (Wildman–Crippen LogP) is 2.81. The first-order valence-corrected chi connectivity index (χ1v) is 7.36. The van der Waals surface area contributed by atoms with E-state index in [1.54, 1.807) is 36.7 Å². The molecule has 0 bridgehead atoms. The summed E-state index contributed by atoms with van der Waals surface area (Å²) < 4.78 is 5.28. The third-order valence-corrected chi connectivity index (χ3v) is 3.69. The van der Waals surface area contributed by atoms with Crippen molar-refractivity contribution in [2.45, 2.75) is 12.5 Å². The fourth-order valence-electron chi connectivity index (χ4n) is 2.41. The van der Waals surface area contributed by atoms with Crippen molar-refractivity contribution in [2.75, 3.05) is 0 Å². The van der Waals surface area contributed by atoms with E-state index >= 15 is 0 Å². The molecular formula is C17H12N4O3. The van der Waals surface area contributed by atoms with Crippen molar-refractivity contribution < 1.29 is 14.2 Å². The van der Waals surface area contributed by atoms with Crippen LogP contribution in [0.3, 0.4) is 0 Å². The number of pyridine rings is 1. The van der Waals surface area contributed by atoms with Crippen molar-refractivity contribution in [2.24, 2.45) is 5.16 Å². The lowest BCUT2D eigenvalue weighted by Crippen LogP contribution is -2.03. The summed E-state index contributed by atoms with van der Waals surface area (Å²) in [4.78, 5) is 24.6. The van der Waals surface area contributed by atoms with Crippen molar-refractivity contribution in [3.05, 3.63) is 65.7 Å². The van der Waals surface area contributed by atoms with Gasteiger partial charge in [0.15, 0.2) is 6.10 Å². The highest BCUT2D eigenvalue weighted by molar-refractivity contribution is 6.00. The van der Waals surface area contributed by atoms with Crippen molar-refractivity contribution in [3.63, 3.8) is 0 Å². The maximum atomic E-state index is 10.7. The molecule has 1 aliphatic rings. The van der Waals surface area contributed by atoms with E-state index in [2.05, 4.69) is 20.3 Å². The van der Waals surface area contributed by atoms with Gasteiger partial charge in [0.2, 0.25) is 5.82 Å². The van der Waals surface area contributed by atoms with E-state index in [-0.39, 0.29) is 6.10 Å². The Morgan fingerprint density at radius 3 is 2.75 bits per heavy atom. The molecule has 1 atom stereocenters. The molecular weight excluding hydrogens is 308 g/mol. The normalized spacial score (nSPS) is 16.5. The van der Waals surface area contributed by atoms with Crippen molar-refractivity contribution in [1.29, 1.82) is 0 Å². The molecule has 3 aromatic rings. The largest absolute Gasteiger partial charge is 0.383 e. The van der Waals surface area contributed by atoms with Crippen LogP contribution in [0.1, 0.15) is 34.3 Å². The van der Waals surface area contributed by atoms with Gasteiger partial charge in [-0.25, -0.2) is 0 Å². The molecule has 4 rings (SSSR count). The molecule has 7 nitrogen and oxygen atoms in total. The van der Waals surface area contributed by atoms with Crippen LogP contribution >= 0.6 is 0 Å². The standard InChI is InChI=1S/C17H12N4O3/c22-10-11-3-5-12(6-4-11)17-19-16(21-24-17)15-8-14(20-23-15)13-2-1-7-18-9-13/h1-7,9-10,15H,8H2. The summed E-state index contributed by atoms with van der Waals surface area (Å²) in [5, 5.41) is 8.06. The van der Waals surface area contributed by atoms with Gasteiger partial charge in [-0.05, 0) is 24.3 Å². The second kappa shape index (κ2) is 6.04. The Kier molecular flexibility index (Phi) is 3.59. The molecule has 0 fully saturated rings. The molecule has 0 aliphatic carbocycles. The van der Waals surface area contributed by atoms with Gasteiger partial charge in [-0.2, -0.15) is 4.98 Å². The number of aldehydes is 1. The van der Waals surface area contributed by atoms with E-state index in [0.29, 0.717) is 23.7 Å². The number of carbonyl (C=O) groups is 1. The monoisotopic (exact) mass is 320 g/mol. The van der Waals surface area contributed by atoms with Crippen LogP contribution in [0.4, 0.5) is 0 Å². The highest BCUT2D eigenvalue weighted by Crippen LogP contribution is 2.29. The lowest BCUT2D eigenvalue weighted by Gasteiger charge is -2.01. The molecule has 0 saturated heterocycles. The van der Waals surface area contributed by atoms with Gasteiger partial charge in [0.05, 0.1) is 5.71 Å². The Morgan fingerprint density at radius 1 is 1.12 bits per heavy atom. The fourth-order valence-corrected chi connectivity index (χ4v) is 2.41. The minimum atomic E-state index is -0.382. The van der Waals surface area contributed by atoms with Gasteiger partial charge in [0.25, 0.3) is 5.89 Å². The molecule has 0 saturated carbocycles. The Labute approximate surface area is 137 Å². The summed E-state index contributed by atoms with van der Waals surface area (Å²) in [6.07, 6.45) is 4.40. The van der Waals surface area contributed by atoms with Crippen molar-refractivity contribution >= 4 is 12.0 Å². The van der Waals surface area contributed by atoms with E-state index in [4.69, 9.17) is 9.36 Å². The molecule has 0 radical (unpaired) electrons. The number of aromatic nitrogens is 3. The molecule has 0 N–H and O–H groups in total. The Morgan fingerprint density at radius 2 is 2.00 bits per heavy atom. The number of benzene rings is 1. The van der Waals surface area contributed by atoms with Crippen LogP contribution in [-0.2, 0) is 4.84 Å². The van der Waals surface area contributed by atoms with Gasteiger partial charge in [-0.15, -0.1) is 0 Å². The number of oxime groups is 1. The van der Waals surface area contributed by atoms with Crippen LogP contribution in [0.25, 0.3) is 11.5 Å². The van der Waals surface area contributed by atoms with E-state index < -0.39 is 0 Å². The minimum Gasteiger partial charge on any atom is -0.383 e. The number of hydrogen-bond acceptors (Lipinski definition) is 7. The van der Waals surface area contributed by atoms with Crippen LogP contribution in [0.15, 0.2) is 58.5 Å². The van der Waals surface area contributed by atoms with Gasteiger partial charge < -0.3 is 9.36 Å². The average Bonchev–Trinajstić information content (AvgIpc) is 3.32. The number of rotatable bonds is 4. The second-order valence-corrected chi connectivity index (χ2v) is 5.28. The third-order valence-electron chi connectivity index (χ3n) is 3.69. The van der Waals surface area contributed by atoms with Crippen molar-refractivity contribution in [3.8, 4) is 11.5 Å². The smallest absolute Gasteiger partial charge is 0.258 e. The summed E-state index contributed by atoms with van der Waals surface area (Å²) in [5.74, 6) is 0.813. The zero-order valence-electron chi connectivity index (χ0n) is 12.5. The SMILES string of the molecule is O=Cc1ccc(-c2nc(C3CC(c4cccnc4)=NO3)no2)cc1. The molecule has 1 aliphatic heterocycles. The maximum Gasteiger partial charge on any atom is 0.258 e. The Hall–Kier alpha value is -3.35. The second-order valence-electron chi connectivity index (χ2n) is 5.28. The molecule has 1 aromatic carbocycles. The van der Waals surface area contributed by atoms with E-state index in [1.165, 1.54) is 0 Å². The third kappa shape index (κ3) is 2.67. The molecule has 118 valence electrons. The highest BCUT2D eigenvalue weighted by Gasteiger charge is 2.28. The highest BCUT2D eigenvalue weighted by atomic mass is 16.6. The first kappa shape index (κ1) is 14.3. The molecule has 0 amide bonds. The van der Waals surface area contributed by atoms with Gasteiger partial charge in [0, 0.05) is 35.5 Å². The van der Waals surface area contributed by atoms with Crippen LogP contribution in [0.2, 0.25) is 0 Å². The minimum absolute atomic E-state index is 0.376. The number of carbonyl (C=O) groups excluding carboxylic acids is 1. The summed E-state index contributed by atoms with van der Waals surface area (Å²) in [7, 11) is 0. The van der Waals surface area contributed by atoms with Gasteiger partial charge in [-0.3, -0.25) is 9.78 Å². The lowest BCUT2D eigenvalue weighted by molar-refractivity contribution is 0.0772. The first-order valence-electron chi connectivity index (χ1n) is 7.36. The molecule has 0 spiro atoms. The van der Waals surface area contributed by atoms with Gasteiger partial charge in [-0.1, -0.05) is 22.4 Å². The van der Waals surface area contributed by atoms with Gasteiger partial charge in [0.1, 0.15) is 6.29 Å². The molecule has 1 unspecified atom stereocenters. The van der Waals surface area contributed by atoms with E-state index in [1.807, 2.05) is 12.1 Å². The Bertz CT molecular complexity index is 888. The van der Waals surface area contributed by atoms with Crippen LogP contribution in [0.5, 0.6) is 0 Å². The number of nitrogens with zero attached hydrogens (tertiary/aromatic N) is 4. The maximum absolute atomic E-state index is 10.7. The zero-order valence-corrected chi connectivity index (χ0v) is 12.5. The number of hydrogen-bond donors (Lipinski definition) is 0. The molecule has 24 heavy (non-hydrogen) atoms. The lowest BCUT2D eigenvalue weighted by atomic mass is 10.1. The first-order chi connectivity index (χ1) is 11.8. The summed E-state index contributed by atoms with van der Waals surface area (Å²) >= 11 is 0. The summed E-state index contributed by atoms with van der Waals surface area (Å²) in [6.45, 7) is 0.